The minimum Gasteiger partial charge on any atom is -0.310 e. The molecule has 1 aliphatic rings. The molecule has 8 heteroatoms. The lowest BCUT2D eigenvalue weighted by Gasteiger charge is -2.24. The van der Waals surface area contributed by atoms with Crippen molar-refractivity contribution in [1.29, 1.82) is 0 Å². The summed E-state index contributed by atoms with van der Waals surface area (Å²) in [6.45, 7) is 1.72. The van der Waals surface area contributed by atoms with E-state index in [9.17, 15) is 13.6 Å². The highest BCUT2D eigenvalue weighted by atomic mass is 19.1. The largest absolute Gasteiger partial charge is 0.310 e. The van der Waals surface area contributed by atoms with Gasteiger partial charge in [-0.15, -0.1) is 0 Å². The second kappa shape index (κ2) is 5.73. The fourth-order valence-electron chi connectivity index (χ4n) is 3.18. The Kier molecular flexibility index (Phi) is 3.52. The van der Waals surface area contributed by atoms with Crippen molar-refractivity contribution in [2.24, 2.45) is 0 Å². The van der Waals surface area contributed by atoms with Crippen molar-refractivity contribution in [3.63, 3.8) is 0 Å². The van der Waals surface area contributed by atoms with Crippen molar-refractivity contribution in [2.75, 3.05) is 5.32 Å². The molecular weight excluding hydrogens is 328 g/mol. The molecule has 0 aliphatic carbocycles. The molecule has 0 spiro atoms. The van der Waals surface area contributed by atoms with Crippen LogP contribution < -0.4 is 5.32 Å². The van der Waals surface area contributed by atoms with E-state index in [-0.39, 0.29) is 23.8 Å². The minimum absolute atomic E-state index is 0.0625. The highest BCUT2D eigenvalue weighted by Gasteiger charge is 2.35. The number of aryl methyl sites for hydroxylation is 1. The van der Waals surface area contributed by atoms with Gasteiger partial charge in [0.1, 0.15) is 17.5 Å². The smallest absolute Gasteiger partial charge is 0.252 e. The number of carbonyl (C=O) groups excluding carboxylic acids is 1. The Hall–Kier alpha value is -3.16. The van der Waals surface area contributed by atoms with Crippen molar-refractivity contribution in [3.8, 4) is 5.95 Å². The van der Waals surface area contributed by atoms with Crippen LogP contribution in [-0.2, 0) is 4.79 Å². The van der Waals surface area contributed by atoms with E-state index in [1.54, 1.807) is 25.4 Å². The van der Waals surface area contributed by atoms with Gasteiger partial charge in [0.2, 0.25) is 5.91 Å². The average molecular weight is 341 g/mol. The number of hydrogen-bond donors (Lipinski definition) is 1. The van der Waals surface area contributed by atoms with E-state index in [0.29, 0.717) is 17.1 Å². The first-order valence-electron chi connectivity index (χ1n) is 7.67. The SMILES string of the molecule is Cc1nn(-c2ncccn2)c2c1[C@H](c1c(F)cccc1F)CC(=O)N2. The summed E-state index contributed by atoms with van der Waals surface area (Å²) in [4.78, 5) is 20.4. The van der Waals surface area contributed by atoms with Crippen LogP contribution in [0.3, 0.4) is 0 Å². The van der Waals surface area contributed by atoms with E-state index in [4.69, 9.17) is 0 Å². The molecule has 25 heavy (non-hydrogen) atoms. The lowest BCUT2D eigenvalue weighted by atomic mass is 9.85. The normalized spacial score (nSPS) is 16.4. The van der Waals surface area contributed by atoms with Crippen molar-refractivity contribution in [2.45, 2.75) is 19.3 Å². The first kappa shape index (κ1) is 15.4. The average Bonchev–Trinajstić information content (AvgIpc) is 2.92. The van der Waals surface area contributed by atoms with Crippen molar-refractivity contribution in [3.05, 3.63) is 65.1 Å². The molecule has 126 valence electrons. The van der Waals surface area contributed by atoms with Gasteiger partial charge in [-0.2, -0.15) is 9.78 Å². The molecule has 2 aromatic heterocycles. The van der Waals surface area contributed by atoms with E-state index in [1.165, 1.54) is 22.9 Å². The molecule has 6 nitrogen and oxygen atoms in total. The van der Waals surface area contributed by atoms with Crippen LogP contribution in [-0.4, -0.2) is 25.7 Å². The maximum absolute atomic E-state index is 14.3. The zero-order chi connectivity index (χ0) is 17.6. The number of rotatable bonds is 2. The van der Waals surface area contributed by atoms with Crippen LogP contribution in [0, 0.1) is 18.6 Å². The number of nitrogens with one attached hydrogen (secondary N) is 1. The summed E-state index contributed by atoms with van der Waals surface area (Å²) in [5, 5.41) is 7.09. The Balaban J connectivity index is 1.94. The van der Waals surface area contributed by atoms with E-state index in [0.717, 1.165) is 0 Å². The van der Waals surface area contributed by atoms with Gasteiger partial charge in [-0.05, 0) is 25.1 Å². The third-order valence-corrected chi connectivity index (χ3v) is 4.19. The van der Waals surface area contributed by atoms with E-state index >= 15 is 0 Å². The Morgan fingerprint density at radius 2 is 1.80 bits per heavy atom. The first-order valence-corrected chi connectivity index (χ1v) is 7.67. The molecule has 0 unspecified atom stereocenters. The van der Waals surface area contributed by atoms with Crippen LogP contribution in [0.4, 0.5) is 14.6 Å². The van der Waals surface area contributed by atoms with E-state index in [1.807, 2.05) is 0 Å². The Morgan fingerprint density at radius 3 is 2.48 bits per heavy atom. The Labute approximate surface area is 141 Å². The molecule has 0 saturated heterocycles. The molecule has 0 radical (unpaired) electrons. The number of benzene rings is 1. The molecule has 3 aromatic rings. The zero-order valence-corrected chi connectivity index (χ0v) is 13.2. The van der Waals surface area contributed by atoms with Crippen LogP contribution >= 0.6 is 0 Å². The van der Waals surface area contributed by atoms with Gasteiger partial charge >= 0.3 is 0 Å². The maximum Gasteiger partial charge on any atom is 0.252 e. The predicted molar refractivity (Wildman–Crippen MR) is 85.3 cm³/mol. The maximum atomic E-state index is 14.3. The topological polar surface area (TPSA) is 72.7 Å². The van der Waals surface area contributed by atoms with Gasteiger partial charge in [0, 0.05) is 35.9 Å². The molecule has 0 bridgehead atoms. The van der Waals surface area contributed by atoms with Crippen molar-refractivity contribution in [1.82, 2.24) is 19.7 Å². The van der Waals surface area contributed by atoms with Gasteiger partial charge in [-0.3, -0.25) is 4.79 Å². The molecule has 1 atom stereocenters. The fourth-order valence-corrected chi connectivity index (χ4v) is 3.18. The molecule has 0 saturated carbocycles. The number of hydrogen-bond acceptors (Lipinski definition) is 4. The zero-order valence-electron chi connectivity index (χ0n) is 13.2. The number of carbonyl (C=O) groups is 1. The molecule has 0 fully saturated rings. The molecular formula is C17H13F2N5O. The summed E-state index contributed by atoms with van der Waals surface area (Å²) in [6, 6.07) is 5.32. The van der Waals surface area contributed by atoms with Gasteiger partial charge in [-0.25, -0.2) is 18.7 Å². The van der Waals surface area contributed by atoms with Crippen LogP contribution in [0.15, 0.2) is 36.7 Å². The number of fused-ring (bicyclic) bond motifs is 1. The third kappa shape index (κ3) is 2.46. The number of nitrogens with zero attached hydrogens (tertiary/aromatic N) is 4. The van der Waals surface area contributed by atoms with E-state index in [2.05, 4.69) is 20.4 Å². The van der Waals surface area contributed by atoms with Crippen LogP contribution in [0.2, 0.25) is 0 Å². The van der Waals surface area contributed by atoms with Gasteiger partial charge in [0.05, 0.1) is 5.69 Å². The van der Waals surface area contributed by atoms with Crippen LogP contribution in [0.1, 0.15) is 29.2 Å². The van der Waals surface area contributed by atoms with Crippen LogP contribution in [0.5, 0.6) is 0 Å². The molecule has 1 amide bonds. The summed E-state index contributed by atoms with van der Waals surface area (Å²) >= 11 is 0. The highest BCUT2D eigenvalue weighted by Crippen LogP contribution is 2.41. The number of aromatic nitrogens is 4. The fraction of sp³-hybridized carbons (Fsp3) is 0.176. The van der Waals surface area contributed by atoms with Gasteiger partial charge in [0.15, 0.2) is 0 Å². The summed E-state index contributed by atoms with van der Waals surface area (Å²) in [5.41, 5.74) is 0.987. The Bertz CT molecular complexity index is 950. The van der Waals surface area contributed by atoms with Gasteiger partial charge < -0.3 is 5.32 Å². The quantitative estimate of drug-likeness (QED) is 0.778. The summed E-state index contributed by atoms with van der Waals surface area (Å²) in [6.07, 6.45) is 3.03. The summed E-state index contributed by atoms with van der Waals surface area (Å²) in [7, 11) is 0. The second-order valence-electron chi connectivity index (χ2n) is 5.75. The van der Waals surface area contributed by atoms with Crippen molar-refractivity contribution < 1.29 is 13.6 Å². The lowest BCUT2D eigenvalue weighted by Crippen LogP contribution is -2.26. The minimum atomic E-state index is -0.762. The predicted octanol–water partition coefficient (Wildman–Crippen LogP) is 2.72. The molecule has 1 aliphatic heterocycles. The van der Waals surface area contributed by atoms with Crippen LogP contribution in [0.25, 0.3) is 5.95 Å². The Morgan fingerprint density at radius 1 is 1.12 bits per heavy atom. The number of amides is 1. The molecule has 3 heterocycles. The third-order valence-electron chi connectivity index (χ3n) is 4.19. The summed E-state index contributed by atoms with van der Waals surface area (Å²) in [5.74, 6) is -1.88. The lowest BCUT2D eigenvalue weighted by molar-refractivity contribution is -0.116. The first-order chi connectivity index (χ1) is 12.1. The van der Waals surface area contributed by atoms with Gasteiger partial charge in [0.25, 0.3) is 5.95 Å². The van der Waals surface area contributed by atoms with E-state index < -0.39 is 17.6 Å². The standard InChI is InChI=1S/C17H13F2N5O/c1-9-14-10(15-11(18)4-2-5-12(15)19)8-13(25)22-16(14)24(23-9)17-20-6-3-7-21-17/h2-7,10H,8H2,1H3,(H,22,25)/t10-/m1/s1. The highest BCUT2D eigenvalue weighted by molar-refractivity contribution is 5.95. The molecule has 1 N–H and O–H groups in total. The monoisotopic (exact) mass is 341 g/mol. The van der Waals surface area contributed by atoms with Gasteiger partial charge in [-0.1, -0.05) is 6.07 Å². The summed E-state index contributed by atoms with van der Waals surface area (Å²) < 4.78 is 30.0. The molecule has 4 rings (SSSR count). The van der Waals surface area contributed by atoms with Crippen molar-refractivity contribution >= 4 is 11.7 Å². The molecule has 1 aromatic carbocycles. The number of anilines is 1. The second-order valence-corrected chi connectivity index (χ2v) is 5.75. The number of halogens is 2.